The van der Waals surface area contributed by atoms with Gasteiger partial charge >= 0.3 is 0 Å². The van der Waals surface area contributed by atoms with Crippen LogP contribution >= 0.6 is 0 Å². The van der Waals surface area contributed by atoms with Crippen LogP contribution in [0.3, 0.4) is 0 Å². The average molecular weight is 364 g/mol. The largest absolute Gasteiger partial charge is 0.455 e. The van der Waals surface area contributed by atoms with E-state index in [2.05, 4.69) is 24.0 Å². The summed E-state index contributed by atoms with van der Waals surface area (Å²) in [7, 11) is 2.00. The first-order chi connectivity index (χ1) is 13.6. The third kappa shape index (κ3) is 2.10. The molecule has 28 heavy (non-hydrogen) atoms. The van der Waals surface area contributed by atoms with Gasteiger partial charge in [-0.05, 0) is 48.2 Å². The minimum Gasteiger partial charge on any atom is -0.455 e. The van der Waals surface area contributed by atoms with Crippen molar-refractivity contribution in [2.75, 3.05) is 0 Å². The summed E-state index contributed by atoms with van der Waals surface area (Å²) >= 11 is 0. The number of para-hydroxylation sites is 2. The SMILES string of the molecule is Cc1c(C)c(C#N)c2c(oc3ccccc32)c1-c1c2ccccc2nc[n+]1C. The number of aryl methyl sites for hydroxylation is 1. The summed E-state index contributed by atoms with van der Waals surface area (Å²) in [4.78, 5) is 4.56. The molecule has 0 saturated heterocycles. The Hall–Kier alpha value is -3.71. The Balaban J connectivity index is 2.08. The first-order valence-electron chi connectivity index (χ1n) is 9.20. The van der Waals surface area contributed by atoms with E-state index in [9.17, 15) is 5.26 Å². The van der Waals surface area contributed by atoms with Crippen LogP contribution in [0.15, 0.2) is 59.3 Å². The molecule has 4 nitrogen and oxygen atoms in total. The summed E-state index contributed by atoms with van der Waals surface area (Å²) in [5.74, 6) is 0. The Bertz CT molecular complexity index is 1450. The van der Waals surface area contributed by atoms with Gasteiger partial charge in [-0.15, -0.1) is 0 Å². The van der Waals surface area contributed by atoms with Gasteiger partial charge in [-0.3, -0.25) is 0 Å². The third-order valence-corrected chi connectivity index (χ3v) is 5.62. The highest BCUT2D eigenvalue weighted by molar-refractivity contribution is 6.14. The highest BCUT2D eigenvalue weighted by Gasteiger charge is 2.26. The first kappa shape index (κ1) is 16.5. The van der Waals surface area contributed by atoms with Crippen molar-refractivity contribution in [3.05, 3.63) is 71.5 Å². The van der Waals surface area contributed by atoms with Gasteiger partial charge in [-0.1, -0.05) is 30.3 Å². The molecular formula is C24H18N3O+. The summed E-state index contributed by atoms with van der Waals surface area (Å²) in [5, 5.41) is 12.8. The van der Waals surface area contributed by atoms with Crippen molar-refractivity contribution in [3.8, 4) is 17.3 Å². The maximum atomic E-state index is 9.90. The van der Waals surface area contributed by atoms with E-state index in [1.54, 1.807) is 0 Å². The summed E-state index contributed by atoms with van der Waals surface area (Å²) in [6.45, 7) is 4.08. The van der Waals surface area contributed by atoms with Crippen molar-refractivity contribution >= 4 is 32.8 Å². The molecule has 5 aromatic rings. The van der Waals surface area contributed by atoms with Gasteiger partial charge in [0.25, 0.3) is 6.33 Å². The molecule has 134 valence electrons. The molecule has 3 aromatic carbocycles. The van der Waals surface area contributed by atoms with E-state index in [0.717, 1.165) is 55.2 Å². The molecule has 0 aliphatic rings. The van der Waals surface area contributed by atoms with Gasteiger partial charge in [0.1, 0.15) is 22.9 Å². The molecule has 0 atom stereocenters. The fraction of sp³-hybridized carbons (Fsp3) is 0.125. The first-order valence-corrected chi connectivity index (χ1v) is 9.20. The van der Waals surface area contributed by atoms with Crippen LogP contribution in [0.2, 0.25) is 0 Å². The van der Waals surface area contributed by atoms with Crippen LogP contribution in [0, 0.1) is 25.2 Å². The molecule has 5 rings (SSSR count). The van der Waals surface area contributed by atoms with Crippen molar-refractivity contribution in [1.82, 2.24) is 4.98 Å². The predicted molar refractivity (Wildman–Crippen MR) is 110 cm³/mol. The summed E-state index contributed by atoms with van der Waals surface area (Å²) in [6, 6.07) is 18.4. The Morgan fingerprint density at radius 1 is 0.964 bits per heavy atom. The van der Waals surface area contributed by atoms with Gasteiger partial charge in [-0.2, -0.15) is 5.26 Å². The summed E-state index contributed by atoms with van der Waals surface area (Å²) < 4.78 is 8.37. The normalized spacial score (nSPS) is 11.4. The number of nitriles is 1. The molecule has 0 amide bonds. The molecule has 2 heterocycles. The van der Waals surface area contributed by atoms with Gasteiger partial charge < -0.3 is 4.42 Å². The second kappa shape index (κ2) is 5.90. The number of benzene rings is 3. The quantitative estimate of drug-likeness (QED) is 0.388. The fourth-order valence-corrected chi connectivity index (χ4v) is 4.12. The van der Waals surface area contributed by atoms with Gasteiger partial charge in [0.05, 0.1) is 23.6 Å². The molecule has 2 aromatic heterocycles. The zero-order valence-electron chi connectivity index (χ0n) is 15.9. The Labute approximate surface area is 162 Å². The van der Waals surface area contributed by atoms with Gasteiger partial charge in [0.2, 0.25) is 0 Å². The highest BCUT2D eigenvalue weighted by Crippen LogP contribution is 2.42. The molecule has 0 fully saturated rings. The lowest BCUT2D eigenvalue weighted by Gasteiger charge is -2.13. The van der Waals surface area contributed by atoms with Crippen LogP contribution in [0.25, 0.3) is 44.1 Å². The lowest BCUT2D eigenvalue weighted by molar-refractivity contribution is -0.662. The van der Waals surface area contributed by atoms with E-state index >= 15 is 0 Å². The monoisotopic (exact) mass is 364 g/mol. The van der Waals surface area contributed by atoms with Crippen LogP contribution in [0.1, 0.15) is 16.7 Å². The van der Waals surface area contributed by atoms with E-state index in [4.69, 9.17) is 4.42 Å². The fourth-order valence-electron chi connectivity index (χ4n) is 4.12. The van der Waals surface area contributed by atoms with E-state index in [1.165, 1.54) is 0 Å². The van der Waals surface area contributed by atoms with Crippen LogP contribution in [-0.4, -0.2) is 4.98 Å². The van der Waals surface area contributed by atoms with Crippen LogP contribution in [0.5, 0.6) is 0 Å². The molecule has 0 spiro atoms. The van der Waals surface area contributed by atoms with Gasteiger partial charge in [0.15, 0.2) is 5.52 Å². The van der Waals surface area contributed by atoms with Crippen molar-refractivity contribution in [3.63, 3.8) is 0 Å². The average Bonchev–Trinajstić information content (AvgIpc) is 3.09. The van der Waals surface area contributed by atoms with Crippen molar-refractivity contribution in [2.45, 2.75) is 13.8 Å². The Morgan fingerprint density at radius 2 is 1.68 bits per heavy atom. The van der Waals surface area contributed by atoms with E-state index in [-0.39, 0.29) is 0 Å². The van der Waals surface area contributed by atoms with E-state index in [0.29, 0.717) is 5.56 Å². The second-order valence-electron chi connectivity index (χ2n) is 7.14. The van der Waals surface area contributed by atoms with E-state index < -0.39 is 0 Å². The van der Waals surface area contributed by atoms with Crippen molar-refractivity contribution < 1.29 is 8.98 Å². The smallest absolute Gasteiger partial charge is 0.287 e. The van der Waals surface area contributed by atoms with Crippen molar-refractivity contribution in [1.29, 1.82) is 5.26 Å². The lowest BCUT2D eigenvalue weighted by Crippen LogP contribution is -2.32. The third-order valence-electron chi connectivity index (χ3n) is 5.62. The van der Waals surface area contributed by atoms with E-state index in [1.807, 2.05) is 67.3 Å². The molecule has 0 unspecified atom stereocenters. The number of hydrogen-bond acceptors (Lipinski definition) is 3. The Morgan fingerprint density at radius 3 is 2.46 bits per heavy atom. The molecule has 4 heteroatoms. The predicted octanol–water partition coefficient (Wildman–Crippen LogP) is 5.11. The zero-order valence-corrected chi connectivity index (χ0v) is 15.9. The molecule has 0 N–H and O–H groups in total. The number of aromatic nitrogens is 2. The van der Waals surface area contributed by atoms with Crippen LogP contribution in [0.4, 0.5) is 0 Å². The van der Waals surface area contributed by atoms with Gasteiger partial charge in [-0.25, -0.2) is 4.57 Å². The second-order valence-corrected chi connectivity index (χ2v) is 7.14. The summed E-state index contributed by atoms with van der Waals surface area (Å²) in [5.41, 5.74) is 7.26. The zero-order chi connectivity index (χ0) is 19.4. The number of hydrogen-bond donors (Lipinski definition) is 0. The molecule has 0 saturated carbocycles. The molecular weight excluding hydrogens is 346 g/mol. The number of furan rings is 1. The Kier molecular flexibility index (Phi) is 3.47. The molecule has 0 aliphatic heterocycles. The number of fused-ring (bicyclic) bond motifs is 4. The highest BCUT2D eigenvalue weighted by atomic mass is 16.3. The number of nitrogens with zero attached hydrogens (tertiary/aromatic N) is 3. The topological polar surface area (TPSA) is 53.7 Å². The maximum Gasteiger partial charge on any atom is 0.287 e. The minimum absolute atomic E-state index is 0.683. The number of rotatable bonds is 1. The van der Waals surface area contributed by atoms with Crippen LogP contribution in [-0.2, 0) is 7.05 Å². The lowest BCUT2D eigenvalue weighted by atomic mass is 9.90. The van der Waals surface area contributed by atoms with Crippen LogP contribution < -0.4 is 4.57 Å². The minimum atomic E-state index is 0.683. The van der Waals surface area contributed by atoms with Crippen molar-refractivity contribution in [2.24, 2.45) is 7.05 Å². The van der Waals surface area contributed by atoms with Gasteiger partial charge in [0, 0.05) is 10.8 Å². The molecule has 0 radical (unpaired) electrons. The summed E-state index contributed by atoms with van der Waals surface area (Å²) in [6.07, 6.45) is 1.83. The standard InChI is InChI=1S/C24H18N3O/c1-14-15(2)21(23-16-8-4-6-10-19(16)26-13-27(23)3)24-22(18(14)12-25)17-9-5-7-11-20(17)28-24/h4-11,13H,1-3H3/q+1. The molecule has 0 aliphatic carbocycles. The molecule has 0 bridgehead atoms. The maximum absolute atomic E-state index is 9.90.